The standard InChI is InChI=1S/C30H51NO5/c1-4-20-23-17-19(32)12-14-30(23,3)22-13-15-29(2)18(10-11-21(29)26(22)27(20)34)7-6-16-36-28(35)31-24-8-5-9-25(24)33/h18-27,32-34H,4-17H2,1-3H3,(H,31,35)/t18-,19+,20+,21-,22-,23-,24+,25+,26-,27+,29+,30+/m0/s1. The van der Waals surface area contributed by atoms with Crippen molar-refractivity contribution in [3.05, 3.63) is 0 Å². The van der Waals surface area contributed by atoms with Gasteiger partial charge >= 0.3 is 6.09 Å². The van der Waals surface area contributed by atoms with E-state index in [2.05, 4.69) is 26.1 Å². The highest BCUT2D eigenvalue weighted by molar-refractivity contribution is 5.67. The molecule has 1 amide bonds. The molecule has 4 N–H and O–H groups in total. The predicted molar refractivity (Wildman–Crippen MR) is 139 cm³/mol. The molecule has 5 aliphatic carbocycles. The van der Waals surface area contributed by atoms with Gasteiger partial charge in [-0.3, -0.25) is 0 Å². The molecule has 5 saturated carbocycles. The van der Waals surface area contributed by atoms with Gasteiger partial charge in [-0.05, 0) is 123 Å². The number of alkyl carbamates (subject to hydrolysis) is 1. The van der Waals surface area contributed by atoms with Crippen LogP contribution in [0.2, 0.25) is 0 Å². The first-order valence-electron chi connectivity index (χ1n) is 15.2. The van der Waals surface area contributed by atoms with Gasteiger partial charge in [0.15, 0.2) is 0 Å². The Morgan fingerprint density at radius 1 is 0.944 bits per heavy atom. The van der Waals surface area contributed by atoms with E-state index in [1.54, 1.807) is 0 Å². The highest BCUT2D eigenvalue weighted by atomic mass is 16.5. The molecular formula is C30H51NO5. The molecule has 0 aliphatic heterocycles. The minimum absolute atomic E-state index is 0.162. The molecule has 0 heterocycles. The lowest BCUT2D eigenvalue weighted by Crippen LogP contribution is -2.62. The summed E-state index contributed by atoms with van der Waals surface area (Å²) in [5.74, 6) is 2.90. The summed E-state index contributed by atoms with van der Waals surface area (Å²) in [6, 6.07) is -0.162. The van der Waals surface area contributed by atoms with Crippen LogP contribution in [0.4, 0.5) is 4.79 Å². The molecule has 0 bridgehead atoms. The molecule has 6 heteroatoms. The van der Waals surface area contributed by atoms with E-state index in [4.69, 9.17) is 4.74 Å². The minimum Gasteiger partial charge on any atom is -0.450 e. The zero-order valence-electron chi connectivity index (χ0n) is 22.8. The van der Waals surface area contributed by atoms with E-state index in [9.17, 15) is 20.1 Å². The number of aliphatic hydroxyl groups excluding tert-OH is 3. The van der Waals surface area contributed by atoms with Gasteiger partial charge in [0.05, 0.1) is 31.0 Å². The van der Waals surface area contributed by atoms with Crippen LogP contribution in [0.5, 0.6) is 0 Å². The Balaban J connectivity index is 1.20. The Hall–Kier alpha value is -0.850. The molecule has 5 aliphatic rings. The Kier molecular flexibility index (Phi) is 7.71. The van der Waals surface area contributed by atoms with Crippen LogP contribution >= 0.6 is 0 Å². The van der Waals surface area contributed by atoms with Crippen LogP contribution in [0.1, 0.15) is 104 Å². The van der Waals surface area contributed by atoms with E-state index in [1.165, 1.54) is 25.7 Å². The second-order valence-electron chi connectivity index (χ2n) is 13.7. The van der Waals surface area contributed by atoms with Crippen molar-refractivity contribution < 1.29 is 24.9 Å². The summed E-state index contributed by atoms with van der Waals surface area (Å²) in [4.78, 5) is 12.2. The molecule has 0 saturated heterocycles. The maximum atomic E-state index is 12.2. The molecule has 36 heavy (non-hydrogen) atoms. The summed E-state index contributed by atoms with van der Waals surface area (Å²) in [6.07, 6.45) is 11.9. The first-order valence-corrected chi connectivity index (χ1v) is 15.2. The van der Waals surface area contributed by atoms with Crippen LogP contribution in [0.15, 0.2) is 0 Å². The maximum absolute atomic E-state index is 12.2. The van der Waals surface area contributed by atoms with Gasteiger partial charge < -0.3 is 25.4 Å². The lowest BCUT2D eigenvalue weighted by atomic mass is 9.41. The van der Waals surface area contributed by atoms with Gasteiger partial charge in [0.2, 0.25) is 0 Å². The number of hydrogen-bond acceptors (Lipinski definition) is 5. The fourth-order valence-corrected chi connectivity index (χ4v) is 10.3. The zero-order valence-corrected chi connectivity index (χ0v) is 22.8. The van der Waals surface area contributed by atoms with Crippen molar-refractivity contribution in [1.29, 1.82) is 0 Å². The Bertz CT molecular complexity index is 791. The number of fused-ring (bicyclic) bond motifs is 5. The van der Waals surface area contributed by atoms with Crippen molar-refractivity contribution >= 4 is 6.09 Å². The molecule has 5 fully saturated rings. The van der Waals surface area contributed by atoms with Crippen LogP contribution in [0.25, 0.3) is 0 Å². The van der Waals surface area contributed by atoms with Crippen molar-refractivity contribution in [2.24, 2.45) is 46.3 Å². The lowest BCUT2D eigenvalue weighted by Gasteiger charge is -2.64. The normalized spacial score (nSPS) is 50.2. The maximum Gasteiger partial charge on any atom is 0.407 e. The number of nitrogens with one attached hydrogen (secondary N) is 1. The number of hydrogen-bond donors (Lipinski definition) is 4. The highest BCUT2D eigenvalue weighted by Gasteiger charge is 2.64. The third kappa shape index (κ3) is 4.51. The van der Waals surface area contributed by atoms with Crippen molar-refractivity contribution in [3.8, 4) is 0 Å². The number of rotatable bonds is 6. The van der Waals surface area contributed by atoms with E-state index in [-0.39, 0.29) is 29.1 Å². The van der Waals surface area contributed by atoms with Crippen molar-refractivity contribution in [3.63, 3.8) is 0 Å². The molecule has 0 unspecified atom stereocenters. The molecule has 6 nitrogen and oxygen atoms in total. The number of ether oxygens (including phenoxy) is 1. The molecular weight excluding hydrogens is 454 g/mol. The number of amides is 1. The molecule has 0 spiro atoms. The first-order chi connectivity index (χ1) is 17.2. The Morgan fingerprint density at radius 2 is 1.69 bits per heavy atom. The van der Waals surface area contributed by atoms with E-state index >= 15 is 0 Å². The second-order valence-corrected chi connectivity index (χ2v) is 13.7. The van der Waals surface area contributed by atoms with Crippen LogP contribution < -0.4 is 5.32 Å². The summed E-state index contributed by atoms with van der Waals surface area (Å²) < 4.78 is 5.47. The molecule has 5 rings (SSSR count). The topological polar surface area (TPSA) is 99.0 Å². The fraction of sp³-hybridized carbons (Fsp3) is 0.967. The fourth-order valence-electron chi connectivity index (χ4n) is 10.3. The summed E-state index contributed by atoms with van der Waals surface area (Å²) in [7, 11) is 0. The average molecular weight is 506 g/mol. The monoisotopic (exact) mass is 505 g/mol. The third-order valence-electron chi connectivity index (χ3n) is 12.3. The summed E-state index contributed by atoms with van der Waals surface area (Å²) in [5, 5.41) is 35.0. The lowest BCUT2D eigenvalue weighted by molar-refractivity contribution is -0.202. The highest BCUT2D eigenvalue weighted by Crippen LogP contribution is 2.69. The van der Waals surface area contributed by atoms with E-state index in [0.29, 0.717) is 42.1 Å². The SMILES string of the molecule is CC[C@H]1[C@@H](O)[C@@H]2[C@H](CC[C@]3(C)[C@@H](CCCOC(=O)N[C@@H]4CCC[C@H]4O)CC[C@@H]23)[C@@]2(C)CC[C@@H](O)C[C@@H]12. The van der Waals surface area contributed by atoms with Gasteiger partial charge in [0.25, 0.3) is 0 Å². The van der Waals surface area contributed by atoms with Crippen LogP contribution in [-0.2, 0) is 4.74 Å². The second kappa shape index (κ2) is 10.4. The van der Waals surface area contributed by atoms with Gasteiger partial charge in [0, 0.05) is 0 Å². The number of carbonyl (C=O) groups is 1. The number of carbonyl (C=O) groups excluding carboxylic acids is 1. The van der Waals surface area contributed by atoms with E-state index in [0.717, 1.165) is 57.8 Å². The van der Waals surface area contributed by atoms with Crippen molar-refractivity contribution in [2.45, 2.75) is 129 Å². The smallest absolute Gasteiger partial charge is 0.407 e. The summed E-state index contributed by atoms with van der Waals surface area (Å²) in [5.41, 5.74) is 0.505. The summed E-state index contributed by atoms with van der Waals surface area (Å²) >= 11 is 0. The molecule has 0 radical (unpaired) electrons. The molecule has 0 aromatic heterocycles. The van der Waals surface area contributed by atoms with Gasteiger partial charge in [0.1, 0.15) is 0 Å². The largest absolute Gasteiger partial charge is 0.450 e. The molecule has 0 aromatic carbocycles. The van der Waals surface area contributed by atoms with Gasteiger partial charge in [-0.2, -0.15) is 0 Å². The van der Waals surface area contributed by atoms with Crippen LogP contribution in [0, 0.1) is 46.3 Å². The molecule has 12 atom stereocenters. The molecule has 206 valence electrons. The van der Waals surface area contributed by atoms with Crippen molar-refractivity contribution in [2.75, 3.05) is 6.61 Å². The average Bonchev–Trinajstić information content (AvgIpc) is 3.40. The van der Waals surface area contributed by atoms with Crippen LogP contribution in [-0.4, -0.2) is 52.4 Å². The third-order valence-corrected chi connectivity index (χ3v) is 12.3. The molecule has 0 aromatic rings. The number of aliphatic hydroxyl groups is 3. The first kappa shape index (κ1) is 26.7. The van der Waals surface area contributed by atoms with Gasteiger partial charge in [-0.25, -0.2) is 4.79 Å². The minimum atomic E-state index is -0.443. The van der Waals surface area contributed by atoms with Gasteiger partial charge in [-0.15, -0.1) is 0 Å². The summed E-state index contributed by atoms with van der Waals surface area (Å²) in [6.45, 7) is 7.66. The predicted octanol–water partition coefficient (Wildman–Crippen LogP) is 5.03. The van der Waals surface area contributed by atoms with E-state index in [1.807, 2.05) is 0 Å². The Labute approximate surface area is 218 Å². The van der Waals surface area contributed by atoms with Crippen LogP contribution in [0.3, 0.4) is 0 Å². The van der Waals surface area contributed by atoms with Gasteiger partial charge in [-0.1, -0.05) is 27.2 Å². The zero-order chi connectivity index (χ0) is 25.7. The Morgan fingerprint density at radius 3 is 2.42 bits per heavy atom. The van der Waals surface area contributed by atoms with Crippen molar-refractivity contribution in [1.82, 2.24) is 5.32 Å². The quantitative estimate of drug-likeness (QED) is 0.379. The van der Waals surface area contributed by atoms with E-state index < -0.39 is 12.2 Å².